The van der Waals surface area contributed by atoms with E-state index in [9.17, 15) is 0 Å². The summed E-state index contributed by atoms with van der Waals surface area (Å²) >= 11 is 0. The largest absolute Gasteiger partial charge is 0.307 e. The number of nitrogens with zero attached hydrogens (tertiary/aromatic N) is 3. The van der Waals surface area contributed by atoms with Crippen LogP contribution < -0.4 is 31.9 Å². The van der Waals surface area contributed by atoms with Crippen LogP contribution in [0.25, 0.3) is 0 Å². The minimum atomic E-state index is 0.708. The Kier molecular flexibility index (Phi) is 10.8. The summed E-state index contributed by atoms with van der Waals surface area (Å²) in [5.41, 5.74) is 13.8. The van der Waals surface area contributed by atoms with Crippen molar-refractivity contribution in [3.63, 3.8) is 0 Å². The minimum absolute atomic E-state index is 0.708. The molecule has 0 fully saturated rings. The zero-order valence-corrected chi connectivity index (χ0v) is 27.5. The van der Waals surface area contributed by atoms with Crippen molar-refractivity contribution in [2.75, 3.05) is 0 Å². The smallest absolute Gasteiger partial charge is 0.0545 e. The van der Waals surface area contributed by atoms with Crippen molar-refractivity contribution in [3.05, 3.63) is 159 Å². The summed E-state index contributed by atoms with van der Waals surface area (Å²) < 4.78 is 0. The monoisotopic (exact) mass is 639 g/mol. The van der Waals surface area contributed by atoms with E-state index in [1.165, 1.54) is 33.4 Å². The van der Waals surface area contributed by atoms with Crippen molar-refractivity contribution in [1.82, 2.24) is 46.9 Å². The lowest BCUT2D eigenvalue weighted by Crippen LogP contribution is -2.20. The van der Waals surface area contributed by atoms with Gasteiger partial charge in [0.15, 0.2) is 0 Å². The van der Waals surface area contributed by atoms with Crippen molar-refractivity contribution >= 4 is 0 Å². The Bertz CT molecular complexity index is 1470. The highest BCUT2D eigenvalue weighted by Gasteiger charge is 2.08. The number of pyridine rings is 3. The molecular weight excluding hydrogens is 594 g/mol. The maximum atomic E-state index is 4.95. The lowest BCUT2D eigenvalue weighted by molar-refractivity contribution is 0.635. The number of hydrogen-bond donors (Lipinski definition) is 6. The first-order chi connectivity index (χ1) is 23.7. The van der Waals surface area contributed by atoms with E-state index in [-0.39, 0.29) is 0 Å². The molecule has 246 valence electrons. The first-order valence-electron chi connectivity index (χ1n) is 17.0. The van der Waals surface area contributed by atoms with Crippen LogP contribution >= 0.6 is 0 Å². The minimum Gasteiger partial charge on any atom is -0.307 e. The molecule has 0 unspecified atom stereocenters. The Morgan fingerprint density at radius 1 is 0.271 bits per heavy atom. The molecule has 12 bridgehead atoms. The van der Waals surface area contributed by atoms with Crippen molar-refractivity contribution in [3.8, 4) is 0 Å². The molecule has 0 saturated heterocycles. The van der Waals surface area contributed by atoms with Crippen LogP contribution in [-0.2, 0) is 78.5 Å². The van der Waals surface area contributed by atoms with Crippen LogP contribution in [0.5, 0.6) is 0 Å². The number of aromatic nitrogens is 3. The quantitative estimate of drug-likeness (QED) is 0.148. The van der Waals surface area contributed by atoms with E-state index >= 15 is 0 Å². The highest BCUT2D eigenvalue weighted by molar-refractivity contribution is 5.32. The normalized spacial score (nSPS) is 16.5. The molecule has 9 nitrogen and oxygen atoms in total. The van der Waals surface area contributed by atoms with Crippen molar-refractivity contribution < 1.29 is 0 Å². The fourth-order valence-electron chi connectivity index (χ4n) is 6.48. The van der Waals surface area contributed by atoms with E-state index in [1.54, 1.807) is 0 Å². The summed E-state index contributed by atoms with van der Waals surface area (Å²) in [4.78, 5) is 14.8. The second-order valence-corrected chi connectivity index (χ2v) is 12.8. The average Bonchev–Trinajstić information content (AvgIpc) is 3.08. The maximum absolute atomic E-state index is 4.95. The van der Waals surface area contributed by atoms with Crippen LogP contribution in [0.4, 0.5) is 0 Å². The van der Waals surface area contributed by atoms with Crippen molar-refractivity contribution in [1.29, 1.82) is 0 Å². The Labute approximate surface area is 283 Å². The van der Waals surface area contributed by atoms with Gasteiger partial charge in [-0.2, -0.15) is 0 Å². The average molecular weight is 640 g/mol. The summed E-state index contributed by atoms with van der Waals surface area (Å²) in [7, 11) is 0. The van der Waals surface area contributed by atoms with E-state index in [4.69, 9.17) is 15.0 Å². The third-order valence-corrected chi connectivity index (χ3v) is 8.63. The van der Waals surface area contributed by atoms with E-state index in [0.717, 1.165) is 73.4 Å². The summed E-state index contributed by atoms with van der Waals surface area (Å²) in [6.07, 6.45) is 0. The molecule has 9 heteroatoms. The fraction of sp³-hybridized carbons (Fsp3) is 0.308. The fourth-order valence-corrected chi connectivity index (χ4v) is 6.48. The van der Waals surface area contributed by atoms with E-state index in [2.05, 4.69) is 123 Å². The van der Waals surface area contributed by atoms with Gasteiger partial charge in [0.05, 0.1) is 34.2 Å². The molecule has 0 saturated carbocycles. The van der Waals surface area contributed by atoms with E-state index in [0.29, 0.717) is 39.3 Å². The lowest BCUT2D eigenvalue weighted by atomic mass is 10.0. The predicted molar refractivity (Wildman–Crippen MR) is 189 cm³/mol. The standard InChI is InChI=1S/C39H45N9/c1-4-34-22-40-16-28-10-30-14-32(12-28)20-44-26-38-8-3-9-39(48-38)27-45-21-33-13-29(17-41-23-35(5-1)46-34)11-31(15-33)19-43-25-37-7-2-6-36(47-37)24-42-18-30/h1-15,40-45H,16-27H2. The van der Waals surface area contributed by atoms with Crippen LogP contribution in [0.2, 0.25) is 0 Å². The molecule has 8 rings (SSSR count). The molecule has 0 spiro atoms. The zero-order chi connectivity index (χ0) is 32.4. The van der Waals surface area contributed by atoms with Crippen molar-refractivity contribution in [2.45, 2.75) is 78.5 Å². The van der Waals surface area contributed by atoms with Crippen LogP contribution in [0.3, 0.4) is 0 Å². The number of hydrogen-bond acceptors (Lipinski definition) is 9. The van der Waals surface area contributed by atoms with Crippen LogP contribution in [0, 0.1) is 0 Å². The lowest BCUT2D eigenvalue weighted by Gasteiger charge is -2.15. The molecule has 3 aliphatic heterocycles. The molecule has 0 atom stereocenters. The predicted octanol–water partition coefficient (Wildman–Crippen LogP) is 4.24. The molecule has 0 amide bonds. The first kappa shape index (κ1) is 32.2. The second kappa shape index (κ2) is 16.2. The van der Waals surface area contributed by atoms with Gasteiger partial charge >= 0.3 is 0 Å². The van der Waals surface area contributed by atoms with Crippen LogP contribution in [0.1, 0.15) is 67.5 Å². The third-order valence-electron chi connectivity index (χ3n) is 8.63. The van der Waals surface area contributed by atoms with Gasteiger partial charge in [-0.3, -0.25) is 15.0 Å². The van der Waals surface area contributed by atoms with Crippen LogP contribution in [0.15, 0.2) is 91.0 Å². The molecule has 0 radical (unpaired) electrons. The van der Waals surface area contributed by atoms with Crippen LogP contribution in [-0.4, -0.2) is 15.0 Å². The number of rotatable bonds is 0. The summed E-state index contributed by atoms with van der Waals surface area (Å²) in [5, 5.41) is 21.8. The number of benzene rings is 2. The molecule has 5 aromatic rings. The van der Waals surface area contributed by atoms with Gasteiger partial charge in [0.25, 0.3) is 0 Å². The molecule has 6 heterocycles. The van der Waals surface area contributed by atoms with Gasteiger partial charge in [-0.25, -0.2) is 0 Å². The second-order valence-electron chi connectivity index (χ2n) is 12.8. The maximum Gasteiger partial charge on any atom is 0.0545 e. The third kappa shape index (κ3) is 9.38. The first-order valence-corrected chi connectivity index (χ1v) is 17.0. The SMILES string of the molecule is c1cc2nc(c1)CNCc1cc3cc(c1)CNCc1cccc(n1)CNCc1cc(cc(c1)CNCc1cccc(n1)CNC3)CNC2. The molecule has 3 aromatic heterocycles. The Balaban J connectivity index is 1.22. The van der Waals surface area contributed by atoms with Gasteiger partial charge in [-0.1, -0.05) is 54.6 Å². The zero-order valence-electron chi connectivity index (χ0n) is 27.5. The highest BCUT2D eigenvalue weighted by atomic mass is 14.9. The van der Waals surface area contributed by atoms with E-state index in [1.807, 2.05) is 0 Å². The molecule has 3 aliphatic rings. The Morgan fingerprint density at radius 3 is 0.646 bits per heavy atom. The van der Waals surface area contributed by atoms with E-state index < -0.39 is 0 Å². The molecule has 0 aliphatic carbocycles. The summed E-state index contributed by atoms with van der Waals surface area (Å²) in [6.45, 7) is 8.81. The molecule has 48 heavy (non-hydrogen) atoms. The molecular formula is C39H45N9. The summed E-state index contributed by atoms with van der Waals surface area (Å²) in [6, 6.07) is 32.7. The molecule has 6 N–H and O–H groups in total. The van der Waals surface area contributed by atoms with Gasteiger partial charge in [0, 0.05) is 78.5 Å². The van der Waals surface area contributed by atoms with Gasteiger partial charge in [0.1, 0.15) is 0 Å². The van der Waals surface area contributed by atoms with Crippen molar-refractivity contribution in [2.24, 2.45) is 0 Å². The Morgan fingerprint density at radius 2 is 0.458 bits per heavy atom. The summed E-state index contributed by atoms with van der Waals surface area (Å²) in [5.74, 6) is 0. The Hall–Kier alpha value is -4.35. The van der Waals surface area contributed by atoms with Gasteiger partial charge in [-0.15, -0.1) is 0 Å². The highest BCUT2D eigenvalue weighted by Crippen LogP contribution is 2.15. The van der Waals surface area contributed by atoms with Gasteiger partial charge in [0.2, 0.25) is 0 Å². The van der Waals surface area contributed by atoms with Gasteiger partial charge < -0.3 is 31.9 Å². The molecule has 2 aromatic carbocycles. The topological polar surface area (TPSA) is 111 Å². The number of fused-ring (bicyclic) bond motifs is 12. The number of nitrogens with one attached hydrogen (secondary N) is 6. The van der Waals surface area contributed by atoms with Gasteiger partial charge in [-0.05, 0) is 69.8 Å².